The van der Waals surface area contributed by atoms with Crippen LogP contribution in [-0.4, -0.2) is 80.8 Å². The number of likely N-dealkylation sites (tertiary alicyclic amines) is 1. The van der Waals surface area contributed by atoms with E-state index in [1.165, 1.54) is 4.90 Å². The van der Waals surface area contributed by atoms with Crippen molar-refractivity contribution in [2.75, 3.05) is 19.7 Å². The van der Waals surface area contributed by atoms with Gasteiger partial charge in [0, 0.05) is 25.7 Å². The van der Waals surface area contributed by atoms with Crippen molar-refractivity contribution in [1.29, 1.82) is 0 Å². The molecule has 0 aromatic rings. The van der Waals surface area contributed by atoms with Gasteiger partial charge in [0.1, 0.15) is 11.6 Å². The van der Waals surface area contributed by atoms with Gasteiger partial charge in [0.2, 0.25) is 11.8 Å². The molecule has 3 aliphatic heterocycles. The second kappa shape index (κ2) is 8.30. The molecule has 0 saturated carbocycles. The summed E-state index contributed by atoms with van der Waals surface area (Å²) in [6, 6.07) is -0.929. The van der Waals surface area contributed by atoms with Crippen LogP contribution in [0.2, 0.25) is 0 Å². The van der Waals surface area contributed by atoms with E-state index in [1.54, 1.807) is 17.9 Å². The minimum absolute atomic E-state index is 0.0461. The lowest BCUT2D eigenvalue weighted by atomic mass is 9.66. The summed E-state index contributed by atoms with van der Waals surface area (Å²) in [6.07, 6.45) is 4.67. The van der Waals surface area contributed by atoms with Crippen molar-refractivity contribution in [3.8, 4) is 0 Å². The van der Waals surface area contributed by atoms with Crippen LogP contribution in [0, 0.1) is 11.8 Å². The van der Waals surface area contributed by atoms with Gasteiger partial charge in [0.05, 0.1) is 17.4 Å². The van der Waals surface area contributed by atoms with Gasteiger partial charge in [0.25, 0.3) is 0 Å². The number of nitrogens with zero attached hydrogens (tertiary/aromatic N) is 2. The summed E-state index contributed by atoms with van der Waals surface area (Å²) in [5, 5.41) is 19.2. The molecule has 8 heteroatoms. The molecule has 2 N–H and O–H groups in total. The van der Waals surface area contributed by atoms with E-state index in [2.05, 4.69) is 6.58 Å². The number of hydrogen-bond acceptors (Lipinski definition) is 5. The van der Waals surface area contributed by atoms with Gasteiger partial charge in [-0.1, -0.05) is 19.4 Å². The first-order valence-corrected chi connectivity index (χ1v) is 10.9. The summed E-state index contributed by atoms with van der Waals surface area (Å²) in [5.74, 6) is -3.49. The topological polar surface area (TPSA) is 107 Å². The molecular weight excluding hydrogens is 388 g/mol. The summed E-state index contributed by atoms with van der Waals surface area (Å²) in [7, 11) is 0. The van der Waals surface area contributed by atoms with E-state index < -0.39 is 35.0 Å². The van der Waals surface area contributed by atoms with Gasteiger partial charge in [0.15, 0.2) is 0 Å². The van der Waals surface area contributed by atoms with E-state index in [0.717, 1.165) is 12.8 Å². The van der Waals surface area contributed by atoms with Crippen molar-refractivity contribution in [3.63, 3.8) is 0 Å². The number of aliphatic hydroxyl groups is 1. The Kier molecular flexibility index (Phi) is 6.30. The summed E-state index contributed by atoms with van der Waals surface area (Å²) < 4.78 is 6.35. The predicted molar refractivity (Wildman–Crippen MR) is 110 cm³/mol. The second-order valence-corrected chi connectivity index (χ2v) is 9.09. The quantitative estimate of drug-likeness (QED) is 0.516. The molecular formula is C22H34N2O6. The maximum atomic E-state index is 13.9. The number of ether oxygens (including phenoxy) is 1. The maximum Gasteiger partial charge on any atom is 0.310 e. The van der Waals surface area contributed by atoms with Crippen molar-refractivity contribution in [3.05, 3.63) is 12.7 Å². The number of carbonyl (C=O) groups is 3. The van der Waals surface area contributed by atoms with Gasteiger partial charge in [-0.25, -0.2) is 0 Å². The van der Waals surface area contributed by atoms with E-state index in [9.17, 15) is 24.6 Å². The lowest BCUT2D eigenvalue weighted by Gasteiger charge is -2.39. The molecule has 3 unspecified atom stereocenters. The van der Waals surface area contributed by atoms with E-state index >= 15 is 0 Å². The van der Waals surface area contributed by atoms with E-state index in [-0.39, 0.29) is 31.0 Å². The minimum atomic E-state index is -1.13. The molecule has 3 rings (SSSR count). The van der Waals surface area contributed by atoms with Gasteiger partial charge in [-0.05, 0) is 39.5 Å². The first-order chi connectivity index (χ1) is 14.2. The van der Waals surface area contributed by atoms with E-state index in [4.69, 9.17) is 4.74 Å². The van der Waals surface area contributed by atoms with Crippen LogP contribution in [0.25, 0.3) is 0 Å². The molecule has 2 bridgehead atoms. The highest BCUT2D eigenvalue weighted by Crippen LogP contribution is 2.63. The van der Waals surface area contributed by atoms with Crippen LogP contribution in [-0.2, 0) is 19.1 Å². The SMILES string of the molecule is C=CCN(C(=O)C1N(CCCO)C(=O)[C@@H]2[C@H](C(=O)O)[C@]3(C)CCC12O3)C(C)CCC. The summed E-state index contributed by atoms with van der Waals surface area (Å²) in [6.45, 7) is 9.97. The highest BCUT2D eigenvalue weighted by molar-refractivity contribution is 5.98. The molecule has 8 nitrogen and oxygen atoms in total. The van der Waals surface area contributed by atoms with Gasteiger partial charge < -0.3 is 24.7 Å². The Labute approximate surface area is 177 Å². The first kappa shape index (κ1) is 22.7. The number of carboxylic acid groups (broad SMARTS) is 1. The zero-order valence-electron chi connectivity index (χ0n) is 18.2. The van der Waals surface area contributed by atoms with Crippen molar-refractivity contribution in [1.82, 2.24) is 9.80 Å². The summed E-state index contributed by atoms with van der Waals surface area (Å²) in [4.78, 5) is 42.6. The molecule has 0 aromatic carbocycles. The number of aliphatic carboxylic acids is 1. The number of rotatable bonds is 10. The van der Waals surface area contributed by atoms with Crippen LogP contribution in [0.5, 0.6) is 0 Å². The van der Waals surface area contributed by atoms with Crippen LogP contribution in [0.4, 0.5) is 0 Å². The largest absolute Gasteiger partial charge is 0.481 e. The van der Waals surface area contributed by atoms with Crippen LogP contribution in [0.1, 0.15) is 52.9 Å². The normalized spacial score (nSPS) is 35.4. The van der Waals surface area contributed by atoms with Crippen LogP contribution in [0.3, 0.4) is 0 Å². The lowest BCUT2D eigenvalue weighted by Crippen LogP contribution is -2.58. The Balaban J connectivity index is 2.05. The number of carbonyl (C=O) groups excluding carboxylic acids is 2. The fourth-order valence-corrected chi connectivity index (χ4v) is 5.92. The summed E-state index contributed by atoms with van der Waals surface area (Å²) in [5.41, 5.74) is -2.08. The van der Waals surface area contributed by atoms with Crippen molar-refractivity contribution < 1.29 is 29.3 Å². The number of fused-ring (bicyclic) bond motifs is 1. The van der Waals surface area contributed by atoms with Gasteiger partial charge in [-0.2, -0.15) is 0 Å². The molecule has 6 atom stereocenters. The third-order valence-corrected chi connectivity index (χ3v) is 7.18. The highest BCUT2D eigenvalue weighted by atomic mass is 16.5. The van der Waals surface area contributed by atoms with E-state index in [0.29, 0.717) is 25.8 Å². The number of carboxylic acids is 1. The van der Waals surface area contributed by atoms with Crippen LogP contribution < -0.4 is 0 Å². The number of hydrogen-bond donors (Lipinski definition) is 2. The molecule has 0 radical (unpaired) electrons. The van der Waals surface area contributed by atoms with Gasteiger partial charge >= 0.3 is 5.97 Å². The Hall–Kier alpha value is -1.93. The monoisotopic (exact) mass is 422 g/mol. The zero-order valence-corrected chi connectivity index (χ0v) is 18.2. The molecule has 2 amide bonds. The molecule has 0 aromatic heterocycles. The molecule has 1 spiro atoms. The Morgan fingerprint density at radius 2 is 2.13 bits per heavy atom. The van der Waals surface area contributed by atoms with Crippen LogP contribution in [0.15, 0.2) is 12.7 Å². The molecule has 30 heavy (non-hydrogen) atoms. The fourth-order valence-electron chi connectivity index (χ4n) is 5.92. The second-order valence-electron chi connectivity index (χ2n) is 9.09. The first-order valence-electron chi connectivity index (χ1n) is 10.9. The number of amides is 2. The predicted octanol–water partition coefficient (Wildman–Crippen LogP) is 1.42. The van der Waals surface area contributed by atoms with Gasteiger partial charge in [-0.15, -0.1) is 6.58 Å². The van der Waals surface area contributed by atoms with Crippen molar-refractivity contribution >= 4 is 17.8 Å². The smallest absolute Gasteiger partial charge is 0.310 e. The Morgan fingerprint density at radius 1 is 1.43 bits per heavy atom. The lowest BCUT2D eigenvalue weighted by molar-refractivity contribution is -0.156. The zero-order chi connectivity index (χ0) is 22.3. The van der Waals surface area contributed by atoms with Crippen molar-refractivity contribution in [2.24, 2.45) is 11.8 Å². The standard InChI is InChI=1S/C22H34N2O6/c1-5-8-14(3)23(11-6-2)19(27)17-22-10-9-21(4,30-22)16(20(28)29)15(22)18(26)24(17)12-7-13-25/h6,14-17,25H,2,5,7-13H2,1,3-4H3,(H,28,29)/t14?,15-,16+,17?,21-,22?/m0/s1. The Morgan fingerprint density at radius 3 is 2.70 bits per heavy atom. The van der Waals surface area contributed by atoms with Gasteiger partial charge in [-0.3, -0.25) is 14.4 Å². The Bertz CT molecular complexity index is 726. The number of aliphatic hydroxyl groups excluding tert-OH is 1. The molecule has 3 aliphatic rings. The maximum absolute atomic E-state index is 13.9. The molecule has 168 valence electrons. The average Bonchev–Trinajstić information content (AvgIpc) is 3.25. The third kappa shape index (κ3) is 3.24. The van der Waals surface area contributed by atoms with Crippen molar-refractivity contribution in [2.45, 2.75) is 76.2 Å². The summed E-state index contributed by atoms with van der Waals surface area (Å²) >= 11 is 0. The molecule has 0 aliphatic carbocycles. The third-order valence-electron chi connectivity index (χ3n) is 7.18. The molecule has 3 fully saturated rings. The fraction of sp³-hybridized carbons (Fsp3) is 0.773. The molecule has 3 heterocycles. The molecule has 3 saturated heterocycles. The average molecular weight is 423 g/mol. The highest BCUT2D eigenvalue weighted by Gasteiger charge is 2.78. The minimum Gasteiger partial charge on any atom is -0.481 e. The van der Waals surface area contributed by atoms with Crippen LogP contribution >= 0.6 is 0 Å². The van der Waals surface area contributed by atoms with E-state index in [1.807, 2.05) is 13.8 Å².